The van der Waals surface area contributed by atoms with Crippen LogP contribution in [0.25, 0.3) is 0 Å². The normalized spacial score (nSPS) is 12.2. The number of halogens is 2. The Labute approximate surface area is 197 Å². The van der Waals surface area contributed by atoms with Crippen molar-refractivity contribution in [1.82, 2.24) is 4.72 Å². The molecule has 1 atom stereocenters. The summed E-state index contributed by atoms with van der Waals surface area (Å²) < 4.78 is 33.8. The van der Waals surface area contributed by atoms with Crippen molar-refractivity contribution in [3.05, 3.63) is 88.4 Å². The lowest BCUT2D eigenvalue weighted by molar-refractivity contribution is -0.117. The fourth-order valence-electron chi connectivity index (χ4n) is 2.98. The minimum absolute atomic E-state index is 0.0290. The van der Waals surface area contributed by atoms with Crippen molar-refractivity contribution in [3.8, 4) is 5.75 Å². The first-order valence-corrected chi connectivity index (χ1v) is 12.1. The number of carbonyl (C=O) groups is 1. The quantitative estimate of drug-likeness (QED) is 0.443. The highest BCUT2D eigenvalue weighted by atomic mass is 35.5. The molecule has 0 saturated heterocycles. The van der Waals surface area contributed by atoms with Gasteiger partial charge in [0.25, 0.3) is 0 Å². The van der Waals surface area contributed by atoms with Gasteiger partial charge in [0.15, 0.2) is 0 Å². The van der Waals surface area contributed by atoms with E-state index < -0.39 is 22.0 Å². The molecular weight excluding hydrogens is 471 g/mol. The van der Waals surface area contributed by atoms with Crippen LogP contribution in [0.5, 0.6) is 5.75 Å². The molecule has 9 heteroatoms. The number of rotatable bonds is 9. The van der Waals surface area contributed by atoms with Crippen LogP contribution in [0.3, 0.4) is 0 Å². The molecule has 0 fully saturated rings. The third kappa shape index (κ3) is 6.46. The van der Waals surface area contributed by atoms with Gasteiger partial charge in [-0.05, 0) is 61.4 Å². The van der Waals surface area contributed by atoms with E-state index in [9.17, 15) is 13.2 Å². The van der Waals surface area contributed by atoms with Crippen molar-refractivity contribution >= 4 is 44.8 Å². The molecule has 0 radical (unpaired) electrons. The molecule has 0 heterocycles. The SMILES string of the molecule is CCOc1ccc(S(=O)(=O)N[C@H](Cc2ccccc2)C(=O)Nc2ccc(Cl)c(Cl)c2)cc1. The molecule has 0 saturated carbocycles. The van der Waals surface area contributed by atoms with E-state index in [0.29, 0.717) is 23.1 Å². The molecule has 2 N–H and O–H groups in total. The number of hydrogen-bond acceptors (Lipinski definition) is 4. The van der Waals surface area contributed by atoms with Crippen LogP contribution in [0.4, 0.5) is 5.69 Å². The second-order valence-electron chi connectivity index (χ2n) is 6.89. The van der Waals surface area contributed by atoms with E-state index in [2.05, 4.69) is 10.0 Å². The van der Waals surface area contributed by atoms with Gasteiger partial charge in [-0.15, -0.1) is 0 Å². The fraction of sp³-hybridized carbons (Fsp3) is 0.174. The van der Waals surface area contributed by atoms with E-state index in [1.165, 1.54) is 18.2 Å². The molecule has 1 amide bonds. The van der Waals surface area contributed by atoms with Crippen molar-refractivity contribution in [1.29, 1.82) is 0 Å². The third-order valence-corrected chi connectivity index (χ3v) is 6.76. The number of amides is 1. The monoisotopic (exact) mass is 492 g/mol. The molecule has 0 spiro atoms. The summed E-state index contributed by atoms with van der Waals surface area (Å²) in [7, 11) is -3.98. The van der Waals surface area contributed by atoms with Crippen molar-refractivity contribution in [2.45, 2.75) is 24.3 Å². The van der Waals surface area contributed by atoms with E-state index in [0.717, 1.165) is 5.56 Å². The Balaban J connectivity index is 1.84. The molecule has 0 aromatic heterocycles. The number of benzene rings is 3. The fourth-order valence-corrected chi connectivity index (χ4v) is 4.47. The van der Waals surface area contributed by atoms with Crippen LogP contribution in [0, 0.1) is 0 Å². The Morgan fingerprint density at radius 1 is 0.969 bits per heavy atom. The minimum atomic E-state index is -3.98. The van der Waals surface area contributed by atoms with Crippen LogP contribution in [-0.2, 0) is 21.2 Å². The highest BCUT2D eigenvalue weighted by Gasteiger charge is 2.26. The maximum absolute atomic E-state index is 13.0. The Morgan fingerprint density at radius 2 is 1.66 bits per heavy atom. The molecule has 0 bridgehead atoms. The van der Waals surface area contributed by atoms with Gasteiger partial charge in [0.2, 0.25) is 15.9 Å². The van der Waals surface area contributed by atoms with Gasteiger partial charge < -0.3 is 10.1 Å². The van der Waals surface area contributed by atoms with E-state index in [4.69, 9.17) is 27.9 Å². The zero-order chi connectivity index (χ0) is 23.1. The van der Waals surface area contributed by atoms with Gasteiger partial charge in [-0.2, -0.15) is 4.72 Å². The van der Waals surface area contributed by atoms with Gasteiger partial charge in [-0.3, -0.25) is 4.79 Å². The lowest BCUT2D eigenvalue weighted by Gasteiger charge is -2.19. The van der Waals surface area contributed by atoms with Crippen LogP contribution in [-0.4, -0.2) is 27.0 Å². The number of anilines is 1. The molecule has 0 aliphatic carbocycles. The van der Waals surface area contributed by atoms with Gasteiger partial charge in [0, 0.05) is 5.69 Å². The lowest BCUT2D eigenvalue weighted by Crippen LogP contribution is -2.45. The first-order valence-electron chi connectivity index (χ1n) is 9.83. The standard InChI is InChI=1S/C23H22Cl2N2O4S/c1-2-31-18-9-11-19(12-10-18)32(29,30)27-22(14-16-6-4-3-5-7-16)23(28)26-17-8-13-20(24)21(25)15-17/h3-13,15,22,27H,2,14H2,1H3,(H,26,28)/t22-/m1/s1. The summed E-state index contributed by atoms with van der Waals surface area (Å²) in [4.78, 5) is 13.1. The molecule has 32 heavy (non-hydrogen) atoms. The molecule has 168 valence electrons. The minimum Gasteiger partial charge on any atom is -0.494 e. The second-order valence-corrected chi connectivity index (χ2v) is 9.41. The molecule has 6 nitrogen and oxygen atoms in total. The first-order chi connectivity index (χ1) is 15.3. The number of carbonyl (C=O) groups excluding carboxylic acids is 1. The van der Waals surface area contributed by atoms with E-state index >= 15 is 0 Å². The van der Waals surface area contributed by atoms with Gasteiger partial charge in [-0.25, -0.2) is 8.42 Å². The average molecular weight is 493 g/mol. The highest BCUT2D eigenvalue weighted by Crippen LogP contribution is 2.25. The lowest BCUT2D eigenvalue weighted by atomic mass is 10.1. The topological polar surface area (TPSA) is 84.5 Å². The first kappa shape index (κ1) is 24.1. The molecule has 0 aliphatic rings. The van der Waals surface area contributed by atoms with Gasteiger partial charge in [0.05, 0.1) is 21.5 Å². The Hall–Kier alpha value is -2.58. The predicted octanol–water partition coefficient (Wildman–Crippen LogP) is 4.92. The number of ether oxygens (including phenoxy) is 1. The number of hydrogen-bond donors (Lipinski definition) is 2. The van der Waals surface area contributed by atoms with Gasteiger partial charge in [0.1, 0.15) is 11.8 Å². The van der Waals surface area contributed by atoms with Crippen LogP contribution in [0.15, 0.2) is 77.7 Å². The summed E-state index contributed by atoms with van der Waals surface area (Å²) in [5.41, 5.74) is 1.21. The maximum Gasteiger partial charge on any atom is 0.242 e. The van der Waals surface area contributed by atoms with E-state index in [1.54, 1.807) is 24.3 Å². The summed E-state index contributed by atoms with van der Waals surface area (Å²) >= 11 is 12.0. The van der Waals surface area contributed by atoms with Crippen LogP contribution in [0.1, 0.15) is 12.5 Å². The zero-order valence-corrected chi connectivity index (χ0v) is 19.5. The molecule has 3 aromatic rings. The van der Waals surface area contributed by atoms with Crippen LogP contribution < -0.4 is 14.8 Å². The summed E-state index contributed by atoms with van der Waals surface area (Å²) in [6, 6.07) is 18.7. The molecular formula is C23H22Cl2N2O4S. The Morgan fingerprint density at radius 3 is 2.28 bits per heavy atom. The van der Waals surface area contributed by atoms with Gasteiger partial charge >= 0.3 is 0 Å². The summed E-state index contributed by atoms with van der Waals surface area (Å²) in [6.45, 7) is 2.31. The molecule has 3 rings (SSSR count). The smallest absolute Gasteiger partial charge is 0.242 e. The van der Waals surface area contributed by atoms with Crippen molar-refractivity contribution < 1.29 is 17.9 Å². The van der Waals surface area contributed by atoms with Crippen LogP contribution in [0.2, 0.25) is 10.0 Å². The average Bonchev–Trinajstić information content (AvgIpc) is 2.77. The number of sulfonamides is 1. The predicted molar refractivity (Wildman–Crippen MR) is 127 cm³/mol. The van der Waals surface area contributed by atoms with Gasteiger partial charge in [-0.1, -0.05) is 53.5 Å². The van der Waals surface area contributed by atoms with Crippen molar-refractivity contribution in [2.24, 2.45) is 0 Å². The maximum atomic E-state index is 13.0. The van der Waals surface area contributed by atoms with Crippen molar-refractivity contribution in [2.75, 3.05) is 11.9 Å². The summed E-state index contributed by atoms with van der Waals surface area (Å²) in [5.74, 6) is 0.0337. The molecule has 0 unspecified atom stereocenters. The highest BCUT2D eigenvalue weighted by molar-refractivity contribution is 7.89. The van der Waals surface area contributed by atoms with E-state index in [1.807, 2.05) is 37.3 Å². The van der Waals surface area contributed by atoms with Crippen LogP contribution >= 0.6 is 23.2 Å². The Bertz CT molecular complexity index is 1170. The molecule has 0 aliphatic heterocycles. The second kappa shape index (κ2) is 10.8. The summed E-state index contributed by atoms with van der Waals surface area (Å²) in [5, 5.41) is 3.33. The van der Waals surface area contributed by atoms with E-state index in [-0.39, 0.29) is 16.3 Å². The summed E-state index contributed by atoms with van der Waals surface area (Å²) in [6.07, 6.45) is 0.157. The Kier molecular flexibility index (Phi) is 8.15. The molecule has 3 aromatic carbocycles. The van der Waals surface area contributed by atoms with Crippen molar-refractivity contribution in [3.63, 3.8) is 0 Å². The largest absolute Gasteiger partial charge is 0.494 e. The number of nitrogens with one attached hydrogen (secondary N) is 2. The third-order valence-electron chi connectivity index (χ3n) is 4.53. The zero-order valence-electron chi connectivity index (χ0n) is 17.2.